The summed E-state index contributed by atoms with van der Waals surface area (Å²) in [6, 6.07) is 0. The van der Waals surface area contributed by atoms with Gasteiger partial charge in [0, 0.05) is 11.3 Å². The van der Waals surface area contributed by atoms with Crippen LogP contribution in [0.25, 0.3) is 0 Å². The Kier molecular flexibility index (Phi) is 6.15. The second-order valence-corrected chi connectivity index (χ2v) is 8.81. The fraction of sp³-hybridized carbons (Fsp3) is 0.700. The third-order valence-corrected chi connectivity index (χ3v) is 6.99. The van der Waals surface area contributed by atoms with Crippen LogP contribution in [-0.4, -0.2) is 11.8 Å². The lowest BCUT2D eigenvalue weighted by Crippen LogP contribution is -2.20. The molecule has 2 aliphatic carbocycles. The van der Waals surface area contributed by atoms with Crippen LogP contribution in [0.4, 0.5) is 5.00 Å². The largest absolute Gasteiger partial charge is 0.365 e. The van der Waals surface area contributed by atoms with E-state index in [1.54, 1.807) is 11.3 Å². The van der Waals surface area contributed by atoms with Crippen LogP contribution >= 0.6 is 11.3 Å². The highest BCUT2D eigenvalue weighted by molar-refractivity contribution is 7.17. The number of thiophene rings is 1. The van der Waals surface area contributed by atoms with E-state index in [1.807, 2.05) is 0 Å². The summed E-state index contributed by atoms with van der Waals surface area (Å²) < 4.78 is 0. The number of anilines is 1. The van der Waals surface area contributed by atoms with E-state index >= 15 is 0 Å². The molecule has 1 saturated carbocycles. The highest BCUT2D eigenvalue weighted by atomic mass is 32.1. The van der Waals surface area contributed by atoms with Crippen LogP contribution < -0.4 is 11.1 Å². The van der Waals surface area contributed by atoms with Crippen molar-refractivity contribution in [2.75, 3.05) is 5.32 Å². The first-order chi connectivity index (χ1) is 12.1. The lowest BCUT2D eigenvalue weighted by molar-refractivity contribution is -0.116. The number of rotatable bonds is 7. The van der Waals surface area contributed by atoms with Gasteiger partial charge in [0.1, 0.15) is 5.00 Å². The number of carbonyl (C=O) groups is 2. The average molecular weight is 363 g/mol. The van der Waals surface area contributed by atoms with Gasteiger partial charge in [0.15, 0.2) is 0 Å². The maximum Gasteiger partial charge on any atom is 0.251 e. The number of hydrogen-bond donors (Lipinski definition) is 2. The zero-order valence-corrected chi connectivity index (χ0v) is 16.1. The minimum Gasteiger partial charge on any atom is -0.365 e. The molecule has 1 heterocycles. The molecule has 3 rings (SSSR count). The van der Waals surface area contributed by atoms with Crippen LogP contribution in [0, 0.1) is 11.8 Å². The Labute approximate surface area is 154 Å². The van der Waals surface area contributed by atoms with Gasteiger partial charge in [-0.1, -0.05) is 45.4 Å². The van der Waals surface area contributed by atoms with Crippen LogP contribution in [0.3, 0.4) is 0 Å². The summed E-state index contributed by atoms with van der Waals surface area (Å²) in [5, 5.41) is 3.68. The molecule has 1 unspecified atom stereocenters. The molecule has 0 saturated heterocycles. The molecule has 138 valence electrons. The summed E-state index contributed by atoms with van der Waals surface area (Å²) in [6.45, 7) is 2.22. The lowest BCUT2D eigenvalue weighted by atomic mass is 9.84. The van der Waals surface area contributed by atoms with E-state index in [1.165, 1.54) is 43.4 Å². The minimum atomic E-state index is -0.405. The smallest absolute Gasteiger partial charge is 0.251 e. The number of carbonyl (C=O) groups excluding carboxylic acids is 2. The van der Waals surface area contributed by atoms with Crippen LogP contribution in [0.2, 0.25) is 0 Å². The molecule has 1 aromatic heterocycles. The Morgan fingerprint density at radius 2 is 1.92 bits per heavy atom. The highest BCUT2D eigenvalue weighted by Gasteiger charge is 2.28. The van der Waals surface area contributed by atoms with Gasteiger partial charge in [-0.2, -0.15) is 0 Å². The van der Waals surface area contributed by atoms with Gasteiger partial charge in [-0.3, -0.25) is 9.59 Å². The number of nitrogens with two attached hydrogens (primary N) is 1. The van der Waals surface area contributed by atoms with E-state index in [2.05, 4.69) is 12.2 Å². The Balaban J connectivity index is 1.68. The summed E-state index contributed by atoms with van der Waals surface area (Å²) in [5.41, 5.74) is 7.31. The first-order valence-corrected chi connectivity index (χ1v) is 10.6. The molecule has 2 amide bonds. The summed E-state index contributed by atoms with van der Waals surface area (Å²) in [7, 11) is 0. The molecule has 3 N–H and O–H groups in total. The molecule has 5 heteroatoms. The maximum absolute atomic E-state index is 12.4. The highest BCUT2D eigenvalue weighted by Crippen LogP contribution is 2.40. The van der Waals surface area contributed by atoms with Crippen LogP contribution in [0.5, 0.6) is 0 Å². The van der Waals surface area contributed by atoms with Crippen molar-refractivity contribution in [2.24, 2.45) is 17.6 Å². The zero-order chi connectivity index (χ0) is 17.8. The van der Waals surface area contributed by atoms with Gasteiger partial charge in [0.2, 0.25) is 5.91 Å². The summed E-state index contributed by atoms with van der Waals surface area (Å²) in [5.74, 6) is 1.02. The molecule has 4 nitrogen and oxygen atoms in total. The number of amides is 2. The normalized spacial score (nSPS) is 20.4. The van der Waals surface area contributed by atoms with Crippen molar-refractivity contribution in [3.63, 3.8) is 0 Å². The zero-order valence-electron chi connectivity index (χ0n) is 15.2. The average Bonchev–Trinajstić information content (AvgIpc) is 3.19. The van der Waals surface area contributed by atoms with Crippen molar-refractivity contribution in [3.05, 3.63) is 16.0 Å². The Morgan fingerprint density at radius 1 is 1.16 bits per heavy atom. The molecule has 2 aliphatic rings. The molecule has 1 aromatic rings. The van der Waals surface area contributed by atoms with Crippen molar-refractivity contribution < 1.29 is 9.59 Å². The molecule has 0 aromatic carbocycles. The molecule has 0 bridgehead atoms. The van der Waals surface area contributed by atoms with Crippen LogP contribution in [-0.2, 0) is 17.6 Å². The standard InChI is InChI=1S/C20H30N2O2S/c1-2-5-14-8-10-15-16(12-14)25-20(18(15)19(21)24)22-17(23)11-9-13-6-3-4-7-13/h13-14H,2-12H2,1H3,(H2,21,24)(H,22,23). The first kappa shape index (κ1) is 18.4. The van der Waals surface area contributed by atoms with E-state index in [0.717, 1.165) is 31.2 Å². The number of hydrogen-bond acceptors (Lipinski definition) is 3. The molecular weight excluding hydrogens is 332 g/mol. The van der Waals surface area contributed by atoms with Crippen molar-refractivity contribution >= 4 is 28.2 Å². The lowest BCUT2D eigenvalue weighted by Gasteiger charge is -2.21. The molecule has 0 spiro atoms. The number of fused-ring (bicyclic) bond motifs is 1. The Bertz CT molecular complexity index is 632. The van der Waals surface area contributed by atoms with Crippen molar-refractivity contribution in [1.29, 1.82) is 0 Å². The quantitative estimate of drug-likeness (QED) is 0.740. The third-order valence-electron chi connectivity index (χ3n) is 5.82. The molecule has 0 radical (unpaired) electrons. The predicted octanol–water partition coefficient (Wildman–Crippen LogP) is 4.66. The number of nitrogens with one attached hydrogen (secondary N) is 1. The molecule has 0 aliphatic heterocycles. The maximum atomic E-state index is 12.4. The topological polar surface area (TPSA) is 72.2 Å². The molecular formula is C20H30N2O2S. The van der Waals surface area contributed by atoms with Gasteiger partial charge in [0.05, 0.1) is 5.56 Å². The van der Waals surface area contributed by atoms with Gasteiger partial charge in [-0.25, -0.2) is 0 Å². The fourth-order valence-corrected chi connectivity index (χ4v) is 5.86. The van der Waals surface area contributed by atoms with Gasteiger partial charge in [0.25, 0.3) is 5.91 Å². The second-order valence-electron chi connectivity index (χ2n) is 7.71. The van der Waals surface area contributed by atoms with Crippen LogP contribution in [0.15, 0.2) is 0 Å². The number of primary amides is 1. The molecule has 1 fully saturated rings. The second kappa shape index (κ2) is 8.35. The van der Waals surface area contributed by atoms with E-state index < -0.39 is 5.91 Å². The monoisotopic (exact) mass is 362 g/mol. The summed E-state index contributed by atoms with van der Waals surface area (Å²) >= 11 is 1.57. The van der Waals surface area contributed by atoms with E-state index in [9.17, 15) is 9.59 Å². The Morgan fingerprint density at radius 3 is 2.60 bits per heavy atom. The van der Waals surface area contributed by atoms with Crippen LogP contribution in [0.1, 0.15) is 85.5 Å². The molecule has 25 heavy (non-hydrogen) atoms. The minimum absolute atomic E-state index is 0.0260. The predicted molar refractivity (Wildman–Crippen MR) is 103 cm³/mol. The fourth-order valence-electron chi connectivity index (χ4n) is 4.48. The van der Waals surface area contributed by atoms with Gasteiger partial charge >= 0.3 is 0 Å². The summed E-state index contributed by atoms with van der Waals surface area (Å²) in [6.07, 6.45) is 12.1. The van der Waals surface area contributed by atoms with E-state index in [4.69, 9.17) is 5.73 Å². The summed E-state index contributed by atoms with van der Waals surface area (Å²) in [4.78, 5) is 25.6. The van der Waals surface area contributed by atoms with Gasteiger partial charge < -0.3 is 11.1 Å². The van der Waals surface area contributed by atoms with Crippen molar-refractivity contribution in [1.82, 2.24) is 0 Å². The Hall–Kier alpha value is -1.36. The van der Waals surface area contributed by atoms with Gasteiger partial charge in [-0.15, -0.1) is 11.3 Å². The van der Waals surface area contributed by atoms with Crippen molar-refractivity contribution in [2.45, 2.75) is 77.6 Å². The van der Waals surface area contributed by atoms with Crippen molar-refractivity contribution in [3.8, 4) is 0 Å². The van der Waals surface area contributed by atoms with Gasteiger partial charge in [-0.05, 0) is 43.1 Å². The molecule has 1 atom stereocenters. The third kappa shape index (κ3) is 4.43. The first-order valence-electron chi connectivity index (χ1n) is 9.82. The van der Waals surface area contributed by atoms with E-state index in [-0.39, 0.29) is 5.91 Å². The van der Waals surface area contributed by atoms with E-state index in [0.29, 0.717) is 28.8 Å². The SMILES string of the molecule is CCCC1CCc2c(sc(NC(=O)CCC3CCCC3)c2C(N)=O)C1.